The van der Waals surface area contributed by atoms with Gasteiger partial charge in [-0.2, -0.15) is 0 Å². The van der Waals surface area contributed by atoms with E-state index in [2.05, 4.69) is 10.1 Å². The Kier molecular flexibility index (Phi) is 4.89. The predicted molar refractivity (Wildman–Crippen MR) is 93.7 cm³/mol. The van der Waals surface area contributed by atoms with E-state index in [-0.39, 0.29) is 11.3 Å². The second-order valence-corrected chi connectivity index (χ2v) is 5.61. The summed E-state index contributed by atoms with van der Waals surface area (Å²) >= 11 is 0. The monoisotopic (exact) mass is 378 g/mol. The predicted octanol–water partition coefficient (Wildman–Crippen LogP) is 4.58. The van der Waals surface area contributed by atoms with Crippen molar-refractivity contribution in [3.05, 3.63) is 77.0 Å². The Labute approximate surface area is 151 Å². The molecule has 27 heavy (non-hydrogen) atoms. The first kappa shape index (κ1) is 18.5. The van der Waals surface area contributed by atoms with Crippen LogP contribution in [0.2, 0.25) is 0 Å². The molecule has 0 aliphatic carbocycles. The number of nitrogens with one attached hydrogen (secondary N) is 1. The third kappa shape index (κ3) is 4.28. The van der Waals surface area contributed by atoms with Crippen LogP contribution in [0.25, 0.3) is 16.8 Å². The zero-order valence-electron chi connectivity index (χ0n) is 14.0. The van der Waals surface area contributed by atoms with E-state index < -0.39 is 12.2 Å². The highest BCUT2D eigenvalue weighted by atomic mass is 19.4. The Morgan fingerprint density at radius 1 is 1.00 bits per heavy atom. The van der Waals surface area contributed by atoms with Crippen molar-refractivity contribution >= 4 is 5.69 Å². The fourth-order valence-electron chi connectivity index (χ4n) is 2.61. The summed E-state index contributed by atoms with van der Waals surface area (Å²) in [7, 11) is 1.65. The van der Waals surface area contributed by atoms with Crippen LogP contribution in [-0.4, -0.2) is 18.0 Å². The van der Waals surface area contributed by atoms with Crippen molar-refractivity contribution in [1.29, 1.82) is 0 Å². The van der Waals surface area contributed by atoms with Gasteiger partial charge in [-0.3, -0.25) is 9.36 Å². The van der Waals surface area contributed by atoms with Crippen LogP contribution >= 0.6 is 0 Å². The van der Waals surface area contributed by atoms with E-state index in [0.717, 1.165) is 12.1 Å². The Morgan fingerprint density at radius 3 is 2.19 bits per heavy atom. The number of rotatable bonds is 4. The molecule has 0 aliphatic rings. The molecule has 3 aromatic rings. The molecule has 3 rings (SSSR count). The first-order chi connectivity index (χ1) is 12.8. The Balaban J connectivity index is 2.04. The van der Waals surface area contributed by atoms with Crippen LogP contribution in [0.4, 0.5) is 23.2 Å². The first-order valence-electron chi connectivity index (χ1n) is 7.83. The zero-order valence-corrected chi connectivity index (χ0v) is 14.0. The van der Waals surface area contributed by atoms with Crippen molar-refractivity contribution in [3.63, 3.8) is 0 Å². The summed E-state index contributed by atoms with van der Waals surface area (Å²) in [5.74, 6) is -0.775. The van der Waals surface area contributed by atoms with Gasteiger partial charge in [0.2, 0.25) is 0 Å². The van der Waals surface area contributed by atoms with Crippen molar-refractivity contribution in [1.82, 2.24) is 4.57 Å². The first-order valence-corrected chi connectivity index (χ1v) is 7.83. The molecule has 0 amide bonds. The van der Waals surface area contributed by atoms with E-state index in [4.69, 9.17) is 0 Å². The molecule has 140 valence electrons. The van der Waals surface area contributed by atoms with Crippen LogP contribution in [-0.2, 0) is 0 Å². The minimum atomic E-state index is -4.79. The maximum absolute atomic E-state index is 13.2. The highest BCUT2D eigenvalue weighted by Gasteiger charge is 2.31. The SMILES string of the molecule is CNc1cc(=O)n(-c2ccc(OC(F)(F)F)cc2)cc1-c1ccc(F)cc1. The Hall–Kier alpha value is -3.29. The van der Waals surface area contributed by atoms with Gasteiger partial charge in [-0.15, -0.1) is 13.2 Å². The highest BCUT2D eigenvalue weighted by molar-refractivity contribution is 5.77. The van der Waals surface area contributed by atoms with Crippen molar-refractivity contribution in [2.24, 2.45) is 0 Å². The van der Waals surface area contributed by atoms with E-state index in [1.165, 1.54) is 34.9 Å². The molecule has 8 heteroatoms. The lowest BCUT2D eigenvalue weighted by Crippen LogP contribution is -2.19. The molecule has 0 aliphatic heterocycles. The van der Waals surface area contributed by atoms with Gasteiger partial charge < -0.3 is 10.1 Å². The van der Waals surface area contributed by atoms with Gasteiger partial charge in [0, 0.05) is 36.2 Å². The fourth-order valence-corrected chi connectivity index (χ4v) is 2.61. The maximum Gasteiger partial charge on any atom is 0.573 e. The Bertz CT molecular complexity index is 994. The van der Waals surface area contributed by atoms with Crippen LogP contribution in [0.3, 0.4) is 0 Å². The van der Waals surface area contributed by atoms with Gasteiger partial charge in [-0.05, 0) is 42.0 Å². The van der Waals surface area contributed by atoms with Gasteiger partial charge in [-0.1, -0.05) is 12.1 Å². The number of halogens is 4. The van der Waals surface area contributed by atoms with E-state index in [0.29, 0.717) is 22.5 Å². The number of ether oxygens (including phenoxy) is 1. The number of nitrogens with zero attached hydrogens (tertiary/aromatic N) is 1. The number of anilines is 1. The standard InChI is InChI=1S/C19H14F4N2O2/c1-24-17-10-18(26)25(11-16(17)12-2-4-13(20)5-3-12)14-6-8-15(9-7-14)27-19(21,22)23/h2-11,24H,1H3. The number of hydrogen-bond acceptors (Lipinski definition) is 3. The molecule has 1 aromatic heterocycles. The summed E-state index contributed by atoms with van der Waals surface area (Å²) in [6.07, 6.45) is -3.25. The van der Waals surface area contributed by atoms with E-state index in [1.807, 2.05) is 0 Å². The molecule has 0 saturated carbocycles. The molecular formula is C19H14F4N2O2. The molecule has 1 N–H and O–H groups in total. The van der Waals surface area contributed by atoms with Crippen molar-refractivity contribution in [2.75, 3.05) is 12.4 Å². The second kappa shape index (κ2) is 7.14. The van der Waals surface area contributed by atoms with Gasteiger partial charge in [0.05, 0.1) is 0 Å². The summed E-state index contributed by atoms with van der Waals surface area (Å²) in [6, 6.07) is 12.0. The molecule has 0 unspecified atom stereocenters. The fraction of sp³-hybridized carbons (Fsp3) is 0.105. The lowest BCUT2D eigenvalue weighted by molar-refractivity contribution is -0.274. The number of hydrogen-bond donors (Lipinski definition) is 1. The zero-order chi connectivity index (χ0) is 19.6. The minimum Gasteiger partial charge on any atom is -0.406 e. The third-order valence-electron chi connectivity index (χ3n) is 3.83. The molecule has 4 nitrogen and oxygen atoms in total. The summed E-state index contributed by atoms with van der Waals surface area (Å²) in [5, 5.41) is 2.91. The molecule has 0 spiro atoms. The van der Waals surface area contributed by atoms with Crippen LogP contribution in [0.5, 0.6) is 5.75 Å². The van der Waals surface area contributed by atoms with E-state index in [9.17, 15) is 22.4 Å². The van der Waals surface area contributed by atoms with E-state index in [1.54, 1.807) is 25.4 Å². The topological polar surface area (TPSA) is 43.3 Å². The molecule has 2 aromatic carbocycles. The summed E-state index contributed by atoms with van der Waals surface area (Å²) in [4.78, 5) is 12.4. The number of alkyl halides is 3. The molecule has 0 fully saturated rings. The molecule has 0 radical (unpaired) electrons. The number of benzene rings is 2. The Morgan fingerprint density at radius 2 is 1.63 bits per heavy atom. The molecule has 0 saturated heterocycles. The van der Waals surface area contributed by atoms with Crippen LogP contribution < -0.4 is 15.6 Å². The normalized spacial score (nSPS) is 11.3. The molecule has 1 heterocycles. The molecular weight excluding hydrogens is 364 g/mol. The minimum absolute atomic E-state index is 0.362. The summed E-state index contributed by atoms with van der Waals surface area (Å²) in [5.41, 5.74) is 1.83. The summed E-state index contributed by atoms with van der Waals surface area (Å²) < 4.78 is 55.1. The van der Waals surface area contributed by atoms with Gasteiger partial charge in [0.1, 0.15) is 11.6 Å². The second-order valence-electron chi connectivity index (χ2n) is 5.61. The maximum atomic E-state index is 13.2. The number of pyridine rings is 1. The largest absolute Gasteiger partial charge is 0.573 e. The van der Waals surface area contributed by atoms with Crippen molar-refractivity contribution in [3.8, 4) is 22.6 Å². The average Bonchev–Trinajstić information content (AvgIpc) is 2.62. The third-order valence-corrected chi connectivity index (χ3v) is 3.83. The van der Waals surface area contributed by atoms with Crippen LogP contribution in [0.1, 0.15) is 0 Å². The lowest BCUT2D eigenvalue weighted by Gasteiger charge is -2.14. The molecule has 0 bridgehead atoms. The smallest absolute Gasteiger partial charge is 0.406 e. The van der Waals surface area contributed by atoms with Gasteiger partial charge in [0.15, 0.2) is 0 Å². The van der Waals surface area contributed by atoms with Gasteiger partial charge in [-0.25, -0.2) is 4.39 Å². The van der Waals surface area contributed by atoms with E-state index >= 15 is 0 Å². The van der Waals surface area contributed by atoms with Crippen LogP contribution in [0.15, 0.2) is 65.6 Å². The van der Waals surface area contributed by atoms with Gasteiger partial charge >= 0.3 is 6.36 Å². The summed E-state index contributed by atoms with van der Waals surface area (Å²) in [6.45, 7) is 0. The van der Waals surface area contributed by atoms with Crippen LogP contribution in [0, 0.1) is 5.82 Å². The lowest BCUT2D eigenvalue weighted by atomic mass is 10.1. The van der Waals surface area contributed by atoms with Crippen molar-refractivity contribution in [2.45, 2.75) is 6.36 Å². The highest BCUT2D eigenvalue weighted by Crippen LogP contribution is 2.28. The quantitative estimate of drug-likeness (QED) is 0.676. The number of aromatic nitrogens is 1. The molecule has 0 atom stereocenters. The van der Waals surface area contributed by atoms with Crippen molar-refractivity contribution < 1.29 is 22.3 Å². The average molecular weight is 378 g/mol. The van der Waals surface area contributed by atoms with Gasteiger partial charge in [0.25, 0.3) is 5.56 Å².